The van der Waals surface area contributed by atoms with E-state index in [0.717, 1.165) is 29.7 Å². The molecule has 0 aromatic heterocycles. The number of fused-ring (bicyclic) bond motifs is 1. The summed E-state index contributed by atoms with van der Waals surface area (Å²) in [6, 6.07) is 5.55. The Morgan fingerprint density at radius 3 is 2.78 bits per heavy atom. The predicted molar refractivity (Wildman–Crippen MR) is 72.3 cm³/mol. The van der Waals surface area contributed by atoms with Crippen molar-refractivity contribution in [1.29, 1.82) is 0 Å². The van der Waals surface area contributed by atoms with Gasteiger partial charge in [-0.25, -0.2) is 4.39 Å². The fraction of sp³-hybridized carbons (Fsp3) is 0.600. The van der Waals surface area contributed by atoms with Crippen molar-refractivity contribution in [3.63, 3.8) is 0 Å². The van der Waals surface area contributed by atoms with Gasteiger partial charge < -0.3 is 5.32 Å². The zero-order valence-corrected chi connectivity index (χ0v) is 11.4. The van der Waals surface area contributed by atoms with Crippen molar-refractivity contribution in [3.8, 4) is 0 Å². The first kappa shape index (κ1) is 12.4. The second-order valence-electron chi connectivity index (χ2n) is 5.65. The van der Waals surface area contributed by atoms with Gasteiger partial charge in [0.2, 0.25) is 0 Å². The maximum Gasteiger partial charge on any atom is 0.142 e. The van der Waals surface area contributed by atoms with Crippen LogP contribution in [0.2, 0.25) is 5.02 Å². The summed E-state index contributed by atoms with van der Waals surface area (Å²) in [5, 5.41) is 3.70. The van der Waals surface area contributed by atoms with Gasteiger partial charge in [-0.2, -0.15) is 0 Å². The van der Waals surface area contributed by atoms with E-state index in [1.54, 1.807) is 6.07 Å². The van der Waals surface area contributed by atoms with Crippen LogP contribution in [0.15, 0.2) is 18.2 Å². The van der Waals surface area contributed by atoms with Crippen molar-refractivity contribution in [3.05, 3.63) is 34.6 Å². The van der Waals surface area contributed by atoms with Crippen molar-refractivity contribution in [2.75, 3.05) is 7.05 Å². The second-order valence-corrected chi connectivity index (χ2v) is 6.03. The second kappa shape index (κ2) is 4.82. The topological polar surface area (TPSA) is 12.0 Å². The molecule has 0 saturated heterocycles. The fourth-order valence-electron chi connectivity index (χ4n) is 3.85. The van der Waals surface area contributed by atoms with Crippen molar-refractivity contribution in [2.24, 2.45) is 17.8 Å². The van der Waals surface area contributed by atoms with Gasteiger partial charge in [0.1, 0.15) is 5.82 Å². The third-order valence-electron chi connectivity index (χ3n) is 4.78. The molecule has 98 valence electrons. The van der Waals surface area contributed by atoms with Crippen LogP contribution in [0.3, 0.4) is 0 Å². The number of hydrogen-bond donors (Lipinski definition) is 1. The summed E-state index contributed by atoms with van der Waals surface area (Å²) in [6.45, 7) is 0. The van der Waals surface area contributed by atoms with Crippen LogP contribution >= 0.6 is 11.6 Å². The molecule has 0 amide bonds. The molecule has 3 unspecified atom stereocenters. The van der Waals surface area contributed by atoms with Crippen molar-refractivity contribution < 1.29 is 4.39 Å². The summed E-state index contributed by atoms with van der Waals surface area (Å²) >= 11 is 6.04. The molecule has 0 aliphatic heterocycles. The van der Waals surface area contributed by atoms with E-state index in [1.807, 2.05) is 13.1 Å². The minimum Gasteiger partial charge on any atom is -0.316 e. The molecule has 3 atom stereocenters. The standard InChI is InChI=1S/C15H19ClFN/c1-18-13(14-10-5-3-6-11(10)14)8-9-4-2-7-12(17)15(9)16/h2,4,7,10-11,13-14,18H,3,5-6,8H2,1H3. The Labute approximate surface area is 113 Å². The first-order valence-electron chi connectivity index (χ1n) is 6.82. The molecule has 0 radical (unpaired) electrons. The van der Waals surface area contributed by atoms with Gasteiger partial charge in [-0.3, -0.25) is 0 Å². The maximum atomic E-state index is 13.4. The van der Waals surface area contributed by atoms with Crippen LogP contribution in [0.25, 0.3) is 0 Å². The van der Waals surface area contributed by atoms with E-state index in [4.69, 9.17) is 11.6 Å². The van der Waals surface area contributed by atoms with Gasteiger partial charge in [-0.1, -0.05) is 30.2 Å². The van der Waals surface area contributed by atoms with Crippen LogP contribution in [0.1, 0.15) is 24.8 Å². The molecule has 2 aliphatic carbocycles. The average molecular weight is 268 g/mol. The van der Waals surface area contributed by atoms with Crippen LogP contribution in [0.5, 0.6) is 0 Å². The number of likely N-dealkylation sites (N-methyl/N-ethyl adjacent to an activating group) is 1. The number of hydrogen-bond acceptors (Lipinski definition) is 1. The third-order valence-corrected chi connectivity index (χ3v) is 5.20. The highest BCUT2D eigenvalue weighted by Crippen LogP contribution is 2.59. The Morgan fingerprint density at radius 2 is 2.11 bits per heavy atom. The molecule has 1 aromatic rings. The largest absolute Gasteiger partial charge is 0.316 e. The van der Waals surface area contributed by atoms with E-state index in [2.05, 4.69) is 5.32 Å². The Bertz CT molecular complexity index is 438. The Morgan fingerprint density at radius 1 is 1.39 bits per heavy atom. The fourth-order valence-corrected chi connectivity index (χ4v) is 4.05. The lowest BCUT2D eigenvalue weighted by molar-refractivity contribution is 0.428. The molecule has 0 spiro atoms. The maximum absolute atomic E-state index is 13.4. The zero-order valence-electron chi connectivity index (χ0n) is 10.6. The van der Waals surface area contributed by atoms with Crippen LogP contribution in [0.4, 0.5) is 4.39 Å². The summed E-state index contributed by atoms with van der Waals surface area (Å²) in [5.74, 6) is 2.30. The molecule has 2 fully saturated rings. The van der Waals surface area contributed by atoms with Crippen LogP contribution in [-0.4, -0.2) is 13.1 Å². The molecule has 1 nitrogen and oxygen atoms in total. The first-order valence-corrected chi connectivity index (χ1v) is 7.20. The van der Waals surface area contributed by atoms with Crippen molar-refractivity contribution in [1.82, 2.24) is 5.32 Å². The molecular weight excluding hydrogens is 249 g/mol. The summed E-state index contributed by atoms with van der Waals surface area (Å²) in [5.41, 5.74) is 0.931. The van der Waals surface area contributed by atoms with E-state index >= 15 is 0 Å². The molecule has 1 N–H and O–H groups in total. The molecule has 0 heterocycles. The lowest BCUT2D eigenvalue weighted by Gasteiger charge is -2.19. The summed E-state index contributed by atoms with van der Waals surface area (Å²) in [6.07, 6.45) is 4.99. The molecule has 0 bridgehead atoms. The van der Waals surface area contributed by atoms with Crippen LogP contribution < -0.4 is 5.32 Å². The Hall–Kier alpha value is -0.600. The monoisotopic (exact) mass is 267 g/mol. The van der Waals surface area contributed by atoms with Gasteiger partial charge in [-0.15, -0.1) is 0 Å². The molecule has 3 heteroatoms. The molecule has 2 aliphatic rings. The molecular formula is C15H19ClFN. The van der Waals surface area contributed by atoms with Crippen LogP contribution in [-0.2, 0) is 6.42 Å². The molecule has 3 rings (SSSR count). The quantitative estimate of drug-likeness (QED) is 0.878. The van der Waals surface area contributed by atoms with E-state index in [0.29, 0.717) is 11.1 Å². The number of halogens is 2. The van der Waals surface area contributed by atoms with Crippen LogP contribution in [0, 0.1) is 23.6 Å². The van der Waals surface area contributed by atoms with E-state index in [9.17, 15) is 4.39 Å². The number of nitrogens with one attached hydrogen (secondary N) is 1. The molecule has 1 aromatic carbocycles. The van der Waals surface area contributed by atoms with Crippen molar-refractivity contribution in [2.45, 2.75) is 31.7 Å². The van der Waals surface area contributed by atoms with Gasteiger partial charge >= 0.3 is 0 Å². The minimum absolute atomic E-state index is 0.295. The number of benzene rings is 1. The summed E-state index contributed by atoms with van der Waals surface area (Å²) in [7, 11) is 2.01. The summed E-state index contributed by atoms with van der Waals surface area (Å²) < 4.78 is 13.4. The third kappa shape index (κ3) is 2.06. The highest BCUT2D eigenvalue weighted by atomic mass is 35.5. The molecule has 18 heavy (non-hydrogen) atoms. The van der Waals surface area contributed by atoms with Gasteiger partial charge in [0.15, 0.2) is 0 Å². The highest BCUT2D eigenvalue weighted by molar-refractivity contribution is 6.31. The molecule has 2 saturated carbocycles. The van der Waals surface area contributed by atoms with E-state index < -0.39 is 0 Å². The Kier molecular flexibility index (Phi) is 3.33. The highest BCUT2D eigenvalue weighted by Gasteiger charge is 2.55. The zero-order chi connectivity index (χ0) is 12.7. The number of rotatable bonds is 4. The van der Waals surface area contributed by atoms with Gasteiger partial charge in [0.25, 0.3) is 0 Å². The van der Waals surface area contributed by atoms with E-state index in [1.165, 1.54) is 25.3 Å². The lowest BCUT2D eigenvalue weighted by atomic mass is 9.97. The Balaban J connectivity index is 1.72. The van der Waals surface area contributed by atoms with Crippen molar-refractivity contribution >= 4 is 11.6 Å². The van der Waals surface area contributed by atoms with Gasteiger partial charge in [0.05, 0.1) is 5.02 Å². The van der Waals surface area contributed by atoms with Gasteiger partial charge in [0, 0.05) is 6.04 Å². The average Bonchev–Trinajstić information content (AvgIpc) is 2.84. The minimum atomic E-state index is -0.306. The summed E-state index contributed by atoms with van der Waals surface area (Å²) in [4.78, 5) is 0. The van der Waals surface area contributed by atoms with Gasteiger partial charge in [-0.05, 0) is 55.7 Å². The first-order chi connectivity index (χ1) is 8.72. The lowest BCUT2D eigenvalue weighted by Crippen LogP contribution is -2.31. The SMILES string of the molecule is CNC(Cc1cccc(F)c1Cl)C1C2CCCC21. The van der Waals surface area contributed by atoms with E-state index in [-0.39, 0.29) is 5.82 Å². The normalized spacial score (nSPS) is 31.2. The predicted octanol–water partition coefficient (Wildman–Crippen LogP) is 3.66. The smallest absolute Gasteiger partial charge is 0.142 e.